The molecule has 0 radical (unpaired) electrons. The summed E-state index contributed by atoms with van der Waals surface area (Å²) >= 11 is 6.23. The highest BCUT2D eigenvalue weighted by molar-refractivity contribution is 6.31. The predicted octanol–water partition coefficient (Wildman–Crippen LogP) is 4.61. The lowest BCUT2D eigenvalue weighted by Crippen LogP contribution is -2.47. The minimum absolute atomic E-state index is 0.0871. The normalized spacial score (nSPS) is 11.6. The molecule has 0 saturated heterocycles. The first-order chi connectivity index (χ1) is 14.5. The molecular formula is C24H31ClN2O3. The zero-order valence-electron chi connectivity index (χ0n) is 18.0. The summed E-state index contributed by atoms with van der Waals surface area (Å²) in [5.74, 6) is 0.490. The first-order valence-corrected chi connectivity index (χ1v) is 10.8. The van der Waals surface area contributed by atoms with Gasteiger partial charge in [-0.15, -0.1) is 0 Å². The average Bonchev–Trinajstić information content (AvgIpc) is 2.76. The van der Waals surface area contributed by atoms with E-state index in [-0.39, 0.29) is 18.2 Å². The Balaban J connectivity index is 2.15. The Morgan fingerprint density at radius 1 is 1.17 bits per heavy atom. The van der Waals surface area contributed by atoms with Gasteiger partial charge in [-0.2, -0.15) is 0 Å². The van der Waals surface area contributed by atoms with Gasteiger partial charge in [0, 0.05) is 24.5 Å². The van der Waals surface area contributed by atoms with E-state index in [1.54, 1.807) is 18.9 Å². The Labute approximate surface area is 184 Å². The van der Waals surface area contributed by atoms with Crippen molar-refractivity contribution in [1.29, 1.82) is 0 Å². The van der Waals surface area contributed by atoms with Gasteiger partial charge in [0.15, 0.2) is 0 Å². The zero-order valence-corrected chi connectivity index (χ0v) is 18.7. The van der Waals surface area contributed by atoms with E-state index in [2.05, 4.69) is 12.2 Å². The molecule has 0 aliphatic rings. The standard InChI is InChI=1S/C24H31ClN2O3/c1-4-5-15-26-24(29)18(2)27(17-19-9-8-11-21(16-19)30-3)23(28)14-13-20-10-6-7-12-22(20)25/h6-12,16,18H,4-5,13-15,17H2,1-3H3,(H,26,29)/t18-/m1/s1. The summed E-state index contributed by atoms with van der Waals surface area (Å²) in [4.78, 5) is 27.4. The van der Waals surface area contributed by atoms with Crippen molar-refractivity contribution in [2.45, 2.75) is 52.1 Å². The number of carbonyl (C=O) groups is 2. The van der Waals surface area contributed by atoms with Crippen LogP contribution in [0.25, 0.3) is 0 Å². The molecule has 0 unspecified atom stereocenters. The monoisotopic (exact) mass is 430 g/mol. The number of carbonyl (C=O) groups excluding carboxylic acids is 2. The van der Waals surface area contributed by atoms with Crippen molar-refractivity contribution in [2.24, 2.45) is 0 Å². The zero-order chi connectivity index (χ0) is 21.9. The second-order valence-corrected chi connectivity index (χ2v) is 7.69. The van der Waals surface area contributed by atoms with Crippen molar-refractivity contribution in [2.75, 3.05) is 13.7 Å². The third-order valence-electron chi connectivity index (χ3n) is 5.05. The summed E-state index contributed by atoms with van der Waals surface area (Å²) in [7, 11) is 1.61. The van der Waals surface area contributed by atoms with Crippen LogP contribution < -0.4 is 10.1 Å². The largest absolute Gasteiger partial charge is 0.497 e. The highest BCUT2D eigenvalue weighted by Crippen LogP contribution is 2.20. The van der Waals surface area contributed by atoms with E-state index in [0.717, 1.165) is 29.7 Å². The number of hydrogen-bond acceptors (Lipinski definition) is 3. The molecule has 0 aliphatic carbocycles. The van der Waals surface area contributed by atoms with E-state index in [1.807, 2.05) is 48.5 Å². The van der Waals surface area contributed by atoms with E-state index in [1.165, 1.54) is 0 Å². The number of nitrogens with zero attached hydrogens (tertiary/aromatic N) is 1. The molecule has 30 heavy (non-hydrogen) atoms. The number of methoxy groups -OCH3 is 1. The molecule has 0 aliphatic heterocycles. The molecule has 6 heteroatoms. The second kappa shape index (κ2) is 12.2. The molecule has 0 saturated carbocycles. The van der Waals surface area contributed by atoms with Crippen molar-refractivity contribution >= 4 is 23.4 Å². The second-order valence-electron chi connectivity index (χ2n) is 7.29. The van der Waals surface area contributed by atoms with Crippen molar-refractivity contribution in [3.05, 3.63) is 64.7 Å². The van der Waals surface area contributed by atoms with Crippen LogP contribution in [-0.2, 0) is 22.6 Å². The molecule has 0 fully saturated rings. The summed E-state index contributed by atoms with van der Waals surface area (Å²) in [6.45, 7) is 4.79. The summed E-state index contributed by atoms with van der Waals surface area (Å²) in [5.41, 5.74) is 1.84. The quantitative estimate of drug-likeness (QED) is 0.529. The van der Waals surface area contributed by atoms with Crippen LogP contribution in [0.3, 0.4) is 0 Å². The first-order valence-electron chi connectivity index (χ1n) is 10.4. The fourth-order valence-electron chi connectivity index (χ4n) is 3.17. The number of ether oxygens (including phenoxy) is 1. The van der Waals surface area contributed by atoms with E-state index in [4.69, 9.17) is 16.3 Å². The van der Waals surface area contributed by atoms with Crippen LogP contribution in [0.2, 0.25) is 5.02 Å². The molecule has 2 aromatic carbocycles. The highest BCUT2D eigenvalue weighted by atomic mass is 35.5. The smallest absolute Gasteiger partial charge is 0.242 e. The SMILES string of the molecule is CCCCNC(=O)[C@@H](C)N(Cc1cccc(OC)c1)C(=O)CCc1ccccc1Cl. The Kier molecular flexibility index (Phi) is 9.68. The number of benzene rings is 2. The maximum absolute atomic E-state index is 13.1. The first kappa shape index (κ1) is 23.7. The topological polar surface area (TPSA) is 58.6 Å². The van der Waals surface area contributed by atoms with Gasteiger partial charge in [-0.05, 0) is 49.1 Å². The molecule has 1 atom stereocenters. The third-order valence-corrected chi connectivity index (χ3v) is 5.42. The molecule has 162 valence electrons. The van der Waals surface area contributed by atoms with E-state index in [0.29, 0.717) is 24.5 Å². The van der Waals surface area contributed by atoms with Crippen LogP contribution in [0.15, 0.2) is 48.5 Å². The number of unbranched alkanes of at least 4 members (excludes halogenated alkanes) is 1. The fraction of sp³-hybridized carbons (Fsp3) is 0.417. The Bertz CT molecular complexity index is 841. The van der Waals surface area contributed by atoms with E-state index in [9.17, 15) is 9.59 Å². The van der Waals surface area contributed by atoms with Gasteiger partial charge in [-0.25, -0.2) is 0 Å². The lowest BCUT2D eigenvalue weighted by molar-refractivity contribution is -0.140. The number of halogens is 1. The number of hydrogen-bond donors (Lipinski definition) is 1. The minimum atomic E-state index is -0.577. The fourth-order valence-corrected chi connectivity index (χ4v) is 3.40. The van der Waals surface area contributed by atoms with E-state index >= 15 is 0 Å². The molecule has 0 bridgehead atoms. The van der Waals surface area contributed by atoms with Crippen LogP contribution in [0.5, 0.6) is 5.75 Å². The maximum atomic E-state index is 13.1. The van der Waals surface area contributed by atoms with Crippen molar-refractivity contribution in [1.82, 2.24) is 10.2 Å². The van der Waals surface area contributed by atoms with Crippen molar-refractivity contribution in [3.63, 3.8) is 0 Å². The van der Waals surface area contributed by atoms with Crippen LogP contribution in [0.1, 0.15) is 44.2 Å². The molecule has 2 aromatic rings. The Hall–Kier alpha value is -2.53. The predicted molar refractivity (Wildman–Crippen MR) is 121 cm³/mol. The van der Waals surface area contributed by atoms with Crippen LogP contribution in [0, 0.1) is 0 Å². The summed E-state index contributed by atoms with van der Waals surface area (Å²) in [6, 6.07) is 14.5. The van der Waals surface area contributed by atoms with Crippen LogP contribution >= 0.6 is 11.6 Å². The molecular weight excluding hydrogens is 400 g/mol. The highest BCUT2D eigenvalue weighted by Gasteiger charge is 2.26. The van der Waals surface area contributed by atoms with Gasteiger partial charge in [-0.3, -0.25) is 9.59 Å². The van der Waals surface area contributed by atoms with Crippen LogP contribution in [0.4, 0.5) is 0 Å². The van der Waals surface area contributed by atoms with Crippen molar-refractivity contribution < 1.29 is 14.3 Å². The lowest BCUT2D eigenvalue weighted by Gasteiger charge is -2.29. The molecule has 0 spiro atoms. The number of rotatable bonds is 11. The van der Waals surface area contributed by atoms with Gasteiger partial charge in [0.1, 0.15) is 11.8 Å². The molecule has 2 amide bonds. The van der Waals surface area contributed by atoms with Gasteiger partial charge < -0.3 is 15.0 Å². The van der Waals surface area contributed by atoms with Gasteiger partial charge in [0.05, 0.1) is 7.11 Å². The minimum Gasteiger partial charge on any atom is -0.497 e. The Morgan fingerprint density at radius 2 is 1.93 bits per heavy atom. The maximum Gasteiger partial charge on any atom is 0.242 e. The third kappa shape index (κ3) is 7.06. The van der Waals surface area contributed by atoms with Crippen LogP contribution in [-0.4, -0.2) is 36.4 Å². The van der Waals surface area contributed by atoms with Gasteiger partial charge in [0.2, 0.25) is 11.8 Å². The summed E-state index contributed by atoms with van der Waals surface area (Å²) < 4.78 is 5.29. The summed E-state index contributed by atoms with van der Waals surface area (Å²) in [5, 5.41) is 3.58. The van der Waals surface area contributed by atoms with E-state index < -0.39 is 6.04 Å². The summed E-state index contributed by atoms with van der Waals surface area (Å²) in [6.07, 6.45) is 2.71. The number of nitrogens with one attached hydrogen (secondary N) is 1. The number of amides is 2. The van der Waals surface area contributed by atoms with Gasteiger partial charge in [-0.1, -0.05) is 55.3 Å². The molecule has 1 N–H and O–H groups in total. The number of aryl methyl sites for hydroxylation is 1. The van der Waals surface area contributed by atoms with Gasteiger partial charge in [0.25, 0.3) is 0 Å². The lowest BCUT2D eigenvalue weighted by atomic mass is 10.1. The molecule has 0 aromatic heterocycles. The molecule has 0 heterocycles. The molecule has 5 nitrogen and oxygen atoms in total. The molecule has 2 rings (SSSR count). The van der Waals surface area contributed by atoms with Gasteiger partial charge >= 0.3 is 0 Å². The Morgan fingerprint density at radius 3 is 2.63 bits per heavy atom. The van der Waals surface area contributed by atoms with Crippen molar-refractivity contribution in [3.8, 4) is 5.75 Å². The average molecular weight is 431 g/mol.